The van der Waals surface area contributed by atoms with Crippen molar-refractivity contribution in [3.05, 3.63) is 35.6 Å². The van der Waals surface area contributed by atoms with Crippen molar-refractivity contribution in [3.63, 3.8) is 0 Å². The first-order valence-corrected chi connectivity index (χ1v) is 5.01. The highest BCUT2D eigenvalue weighted by Crippen LogP contribution is 2.01. The van der Waals surface area contributed by atoms with E-state index in [1.807, 2.05) is 0 Å². The van der Waals surface area contributed by atoms with Crippen LogP contribution in [0.4, 0.5) is 9.18 Å². The quantitative estimate of drug-likeness (QED) is 0.717. The summed E-state index contributed by atoms with van der Waals surface area (Å²) in [7, 11) is 0. The smallest absolute Gasteiger partial charge is 0.315 e. The molecule has 3 N–H and O–H groups in total. The van der Waals surface area contributed by atoms with Gasteiger partial charge in [-0.25, -0.2) is 9.18 Å². The maximum Gasteiger partial charge on any atom is 0.315 e. The monoisotopic (exact) mass is 226 g/mol. The summed E-state index contributed by atoms with van der Waals surface area (Å²) in [6.07, 6.45) is 0. The number of hydrogen-bond acceptors (Lipinski definition) is 2. The molecule has 1 aromatic carbocycles. The number of aliphatic hydroxyl groups is 1. The lowest BCUT2D eigenvalue weighted by molar-refractivity contribution is 0.220. The Morgan fingerprint density at radius 3 is 2.62 bits per heavy atom. The van der Waals surface area contributed by atoms with Crippen molar-refractivity contribution in [2.45, 2.75) is 19.5 Å². The van der Waals surface area contributed by atoms with Crippen LogP contribution in [0.2, 0.25) is 0 Å². The topological polar surface area (TPSA) is 61.4 Å². The van der Waals surface area contributed by atoms with Gasteiger partial charge >= 0.3 is 6.03 Å². The maximum atomic E-state index is 12.6. The summed E-state index contributed by atoms with van der Waals surface area (Å²) < 4.78 is 12.6. The fraction of sp³-hybridized carbons (Fsp3) is 0.364. The van der Waals surface area contributed by atoms with Crippen LogP contribution in [0, 0.1) is 5.82 Å². The molecule has 0 aliphatic rings. The van der Waals surface area contributed by atoms with Crippen LogP contribution in [0.3, 0.4) is 0 Å². The minimum atomic E-state index is -0.356. The molecule has 88 valence electrons. The molecular formula is C11H15FN2O2. The predicted octanol–water partition coefficient (Wildman–Crippen LogP) is 1.01. The normalized spacial score (nSPS) is 11.9. The van der Waals surface area contributed by atoms with E-state index in [2.05, 4.69) is 10.6 Å². The van der Waals surface area contributed by atoms with Gasteiger partial charge in [0.1, 0.15) is 5.82 Å². The molecule has 0 bridgehead atoms. The Balaban J connectivity index is 2.34. The first-order valence-electron chi connectivity index (χ1n) is 5.01. The van der Waals surface area contributed by atoms with Gasteiger partial charge in [0.2, 0.25) is 0 Å². The number of carbonyl (C=O) groups excluding carboxylic acids is 1. The minimum Gasteiger partial charge on any atom is -0.394 e. The average molecular weight is 226 g/mol. The molecule has 0 fully saturated rings. The van der Waals surface area contributed by atoms with E-state index in [0.717, 1.165) is 5.56 Å². The summed E-state index contributed by atoms with van der Waals surface area (Å²) >= 11 is 0. The largest absolute Gasteiger partial charge is 0.394 e. The Morgan fingerprint density at radius 2 is 2.06 bits per heavy atom. The van der Waals surface area contributed by atoms with E-state index in [4.69, 9.17) is 5.11 Å². The number of hydrogen-bond donors (Lipinski definition) is 3. The summed E-state index contributed by atoms with van der Waals surface area (Å²) in [4.78, 5) is 11.2. The van der Waals surface area contributed by atoms with Gasteiger partial charge in [0.05, 0.1) is 12.6 Å². The number of amides is 2. The third-order valence-corrected chi connectivity index (χ3v) is 2.02. The second-order valence-electron chi connectivity index (χ2n) is 3.54. The van der Waals surface area contributed by atoms with Crippen LogP contribution in [-0.4, -0.2) is 23.8 Å². The third-order valence-electron chi connectivity index (χ3n) is 2.02. The second-order valence-corrected chi connectivity index (χ2v) is 3.54. The van der Waals surface area contributed by atoms with E-state index >= 15 is 0 Å². The van der Waals surface area contributed by atoms with Crippen molar-refractivity contribution in [2.24, 2.45) is 0 Å². The van der Waals surface area contributed by atoms with Crippen molar-refractivity contribution in [3.8, 4) is 0 Å². The summed E-state index contributed by atoms with van der Waals surface area (Å²) in [5.41, 5.74) is 0.813. The SMILES string of the molecule is C[C@@H](CO)NC(=O)NCc1ccc(F)cc1. The van der Waals surface area contributed by atoms with E-state index in [1.165, 1.54) is 12.1 Å². The minimum absolute atomic E-state index is 0.107. The summed E-state index contributed by atoms with van der Waals surface area (Å²) in [5.74, 6) is -0.304. The van der Waals surface area contributed by atoms with Gasteiger partial charge in [0.25, 0.3) is 0 Å². The van der Waals surface area contributed by atoms with Crippen LogP contribution in [0.15, 0.2) is 24.3 Å². The molecule has 0 heterocycles. The molecule has 16 heavy (non-hydrogen) atoms. The second kappa shape index (κ2) is 6.07. The molecule has 1 rings (SSSR count). The van der Waals surface area contributed by atoms with Gasteiger partial charge in [-0.05, 0) is 24.6 Å². The van der Waals surface area contributed by atoms with E-state index in [-0.39, 0.29) is 24.5 Å². The standard InChI is InChI=1S/C11H15FN2O2/c1-8(7-15)14-11(16)13-6-9-2-4-10(12)5-3-9/h2-5,8,15H,6-7H2,1H3,(H2,13,14,16)/t8-/m0/s1. The van der Waals surface area contributed by atoms with Gasteiger partial charge in [-0.15, -0.1) is 0 Å². The lowest BCUT2D eigenvalue weighted by Crippen LogP contribution is -2.41. The molecule has 0 aliphatic heterocycles. The fourth-order valence-corrected chi connectivity index (χ4v) is 1.11. The van der Waals surface area contributed by atoms with Crippen LogP contribution >= 0.6 is 0 Å². The van der Waals surface area contributed by atoms with Crippen molar-refractivity contribution >= 4 is 6.03 Å². The highest BCUT2D eigenvalue weighted by Gasteiger charge is 2.04. The lowest BCUT2D eigenvalue weighted by Gasteiger charge is -2.11. The molecular weight excluding hydrogens is 211 g/mol. The molecule has 0 saturated carbocycles. The van der Waals surface area contributed by atoms with Gasteiger partial charge in [-0.1, -0.05) is 12.1 Å². The third kappa shape index (κ3) is 4.27. The Morgan fingerprint density at radius 1 is 1.44 bits per heavy atom. The predicted molar refractivity (Wildman–Crippen MR) is 58.3 cm³/mol. The van der Waals surface area contributed by atoms with Gasteiger partial charge in [-0.3, -0.25) is 0 Å². The Kier molecular flexibility index (Phi) is 4.72. The molecule has 1 aromatic rings. The molecule has 1 atom stereocenters. The van der Waals surface area contributed by atoms with Crippen LogP contribution in [-0.2, 0) is 6.54 Å². The van der Waals surface area contributed by atoms with Gasteiger partial charge in [0, 0.05) is 6.54 Å². The van der Waals surface area contributed by atoms with Gasteiger partial charge in [0.15, 0.2) is 0 Å². The first kappa shape index (κ1) is 12.4. The molecule has 4 nitrogen and oxygen atoms in total. The molecule has 0 unspecified atom stereocenters. The van der Waals surface area contributed by atoms with E-state index in [0.29, 0.717) is 6.54 Å². The Hall–Kier alpha value is -1.62. The Labute approximate surface area is 93.5 Å². The number of nitrogens with one attached hydrogen (secondary N) is 2. The number of carbonyl (C=O) groups is 1. The average Bonchev–Trinajstić information content (AvgIpc) is 2.28. The number of halogens is 1. The summed E-state index contributed by atoms with van der Waals surface area (Å²) in [6.45, 7) is 1.91. The van der Waals surface area contributed by atoms with Crippen LogP contribution < -0.4 is 10.6 Å². The van der Waals surface area contributed by atoms with Gasteiger partial charge in [-0.2, -0.15) is 0 Å². The molecule has 0 aliphatic carbocycles. The van der Waals surface area contributed by atoms with Crippen LogP contribution in [0.1, 0.15) is 12.5 Å². The maximum absolute atomic E-state index is 12.6. The Bertz CT molecular complexity index is 340. The number of benzene rings is 1. The summed E-state index contributed by atoms with van der Waals surface area (Å²) in [5, 5.41) is 13.9. The fourth-order valence-electron chi connectivity index (χ4n) is 1.11. The highest BCUT2D eigenvalue weighted by atomic mass is 19.1. The number of urea groups is 1. The van der Waals surface area contributed by atoms with Crippen molar-refractivity contribution < 1.29 is 14.3 Å². The lowest BCUT2D eigenvalue weighted by atomic mass is 10.2. The van der Waals surface area contributed by atoms with Crippen LogP contribution in [0.5, 0.6) is 0 Å². The molecule has 0 radical (unpaired) electrons. The van der Waals surface area contributed by atoms with E-state index < -0.39 is 0 Å². The van der Waals surface area contributed by atoms with Gasteiger partial charge < -0.3 is 15.7 Å². The van der Waals surface area contributed by atoms with Crippen molar-refractivity contribution in [2.75, 3.05) is 6.61 Å². The molecule has 0 spiro atoms. The van der Waals surface area contributed by atoms with E-state index in [9.17, 15) is 9.18 Å². The van der Waals surface area contributed by atoms with Crippen LogP contribution in [0.25, 0.3) is 0 Å². The number of aliphatic hydroxyl groups excluding tert-OH is 1. The molecule has 0 saturated heterocycles. The zero-order chi connectivity index (χ0) is 12.0. The zero-order valence-corrected chi connectivity index (χ0v) is 9.03. The molecule has 0 aromatic heterocycles. The van der Waals surface area contributed by atoms with Crippen molar-refractivity contribution in [1.82, 2.24) is 10.6 Å². The van der Waals surface area contributed by atoms with E-state index in [1.54, 1.807) is 19.1 Å². The molecule has 2 amide bonds. The van der Waals surface area contributed by atoms with Crippen molar-refractivity contribution in [1.29, 1.82) is 0 Å². The summed E-state index contributed by atoms with van der Waals surface area (Å²) in [6, 6.07) is 5.24. The zero-order valence-electron chi connectivity index (χ0n) is 9.03. The molecule has 5 heteroatoms. The first-order chi connectivity index (χ1) is 7.61. The highest BCUT2D eigenvalue weighted by molar-refractivity contribution is 5.74. The number of rotatable bonds is 4.